The molecule has 1 aliphatic heterocycles. The van der Waals surface area contributed by atoms with Crippen molar-refractivity contribution in [3.63, 3.8) is 0 Å². The molecular weight excluding hydrogens is 310 g/mol. The fraction of sp³-hybridized carbons (Fsp3) is 0.429. The molecule has 2 heterocycles. The molecule has 1 aromatic carbocycles. The summed E-state index contributed by atoms with van der Waals surface area (Å²) >= 11 is 0. The van der Waals surface area contributed by atoms with Crippen molar-refractivity contribution < 1.29 is 4.79 Å². The van der Waals surface area contributed by atoms with Crippen LogP contribution in [0.25, 0.3) is 0 Å². The summed E-state index contributed by atoms with van der Waals surface area (Å²) in [7, 11) is 0. The molecule has 0 saturated heterocycles. The summed E-state index contributed by atoms with van der Waals surface area (Å²) in [6, 6.07) is 10.5. The van der Waals surface area contributed by atoms with Crippen LogP contribution in [0.5, 0.6) is 0 Å². The maximum atomic E-state index is 12.3. The molecule has 0 saturated carbocycles. The highest BCUT2D eigenvalue weighted by Gasteiger charge is 2.11. The molecule has 3 rings (SSSR count). The number of aryl methyl sites for hydroxylation is 4. The Balaban J connectivity index is 1.52. The van der Waals surface area contributed by atoms with Gasteiger partial charge < -0.3 is 10.6 Å². The largest absolute Gasteiger partial charge is 0.370 e. The summed E-state index contributed by atoms with van der Waals surface area (Å²) in [5.41, 5.74) is 5.66. The third-order valence-electron chi connectivity index (χ3n) is 4.71. The normalized spacial score (nSPS) is 13.0. The van der Waals surface area contributed by atoms with Crippen molar-refractivity contribution in [1.82, 2.24) is 4.98 Å². The van der Waals surface area contributed by atoms with E-state index >= 15 is 0 Å². The second kappa shape index (κ2) is 8.15. The number of nitrogens with zero attached hydrogens (tertiary/aromatic N) is 1. The lowest BCUT2D eigenvalue weighted by Crippen LogP contribution is -2.15. The van der Waals surface area contributed by atoms with Crippen LogP contribution in [-0.4, -0.2) is 17.4 Å². The number of pyridine rings is 1. The molecule has 0 atom stereocenters. The van der Waals surface area contributed by atoms with Gasteiger partial charge in [0, 0.05) is 24.3 Å². The molecule has 25 heavy (non-hydrogen) atoms. The Labute approximate surface area is 150 Å². The van der Waals surface area contributed by atoms with Gasteiger partial charge in [0.25, 0.3) is 0 Å². The Hall–Kier alpha value is -2.36. The van der Waals surface area contributed by atoms with Crippen molar-refractivity contribution in [3.8, 4) is 0 Å². The first-order valence-corrected chi connectivity index (χ1v) is 9.27. The predicted molar refractivity (Wildman–Crippen MR) is 103 cm³/mol. The molecule has 132 valence electrons. The van der Waals surface area contributed by atoms with Gasteiger partial charge in [0.15, 0.2) is 0 Å². The van der Waals surface area contributed by atoms with Crippen LogP contribution in [0.3, 0.4) is 0 Å². The Morgan fingerprint density at radius 1 is 1.28 bits per heavy atom. The van der Waals surface area contributed by atoms with Crippen LogP contribution in [0.4, 0.5) is 11.5 Å². The maximum Gasteiger partial charge on any atom is 0.224 e. The SMILES string of the molecule is CCc1ccc(C)cc1NC(=O)CCCc1ccc2c(n1)NCCC2. The van der Waals surface area contributed by atoms with Gasteiger partial charge in [-0.3, -0.25) is 4.79 Å². The summed E-state index contributed by atoms with van der Waals surface area (Å²) < 4.78 is 0. The highest BCUT2D eigenvalue weighted by Crippen LogP contribution is 2.21. The van der Waals surface area contributed by atoms with E-state index in [0.717, 1.165) is 49.4 Å². The molecule has 1 aromatic heterocycles. The Morgan fingerprint density at radius 3 is 3.00 bits per heavy atom. The van der Waals surface area contributed by atoms with Crippen LogP contribution in [0.2, 0.25) is 0 Å². The smallest absolute Gasteiger partial charge is 0.224 e. The summed E-state index contributed by atoms with van der Waals surface area (Å²) in [4.78, 5) is 17.0. The highest BCUT2D eigenvalue weighted by atomic mass is 16.1. The summed E-state index contributed by atoms with van der Waals surface area (Å²) in [6.07, 6.45) is 5.36. The quantitative estimate of drug-likeness (QED) is 0.827. The third-order valence-corrected chi connectivity index (χ3v) is 4.71. The summed E-state index contributed by atoms with van der Waals surface area (Å²) in [6.45, 7) is 5.16. The van der Waals surface area contributed by atoms with Crippen molar-refractivity contribution in [1.29, 1.82) is 0 Å². The molecule has 4 nitrogen and oxygen atoms in total. The zero-order chi connectivity index (χ0) is 17.6. The second-order valence-corrected chi connectivity index (χ2v) is 6.76. The van der Waals surface area contributed by atoms with E-state index in [9.17, 15) is 4.79 Å². The Kier molecular flexibility index (Phi) is 5.69. The van der Waals surface area contributed by atoms with E-state index in [1.54, 1.807) is 0 Å². The van der Waals surface area contributed by atoms with E-state index in [4.69, 9.17) is 4.98 Å². The summed E-state index contributed by atoms with van der Waals surface area (Å²) in [5.74, 6) is 1.11. The van der Waals surface area contributed by atoms with E-state index in [0.29, 0.717) is 6.42 Å². The first-order valence-electron chi connectivity index (χ1n) is 9.27. The van der Waals surface area contributed by atoms with Crippen LogP contribution in [0.15, 0.2) is 30.3 Å². The lowest BCUT2D eigenvalue weighted by Gasteiger charge is -2.17. The highest BCUT2D eigenvalue weighted by molar-refractivity contribution is 5.91. The van der Waals surface area contributed by atoms with E-state index in [-0.39, 0.29) is 5.91 Å². The first-order chi connectivity index (χ1) is 12.2. The van der Waals surface area contributed by atoms with Gasteiger partial charge in [-0.05, 0) is 67.9 Å². The number of hydrogen-bond donors (Lipinski definition) is 2. The second-order valence-electron chi connectivity index (χ2n) is 6.76. The predicted octanol–water partition coefficient (Wildman–Crippen LogP) is 4.27. The number of amides is 1. The van der Waals surface area contributed by atoms with Gasteiger partial charge >= 0.3 is 0 Å². The first kappa shape index (κ1) is 17.5. The van der Waals surface area contributed by atoms with Gasteiger partial charge in [-0.2, -0.15) is 0 Å². The van der Waals surface area contributed by atoms with Crippen molar-refractivity contribution in [3.05, 3.63) is 52.7 Å². The zero-order valence-electron chi connectivity index (χ0n) is 15.2. The molecule has 0 spiro atoms. The Morgan fingerprint density at radius 2 is 2.16 bits per heavy atom. The molecule has 2 aromatic rings. The standard InChI is InChI=1S/C21H27N3O/c1-3-16-10-9-15(2)14-19(16)24-20(25)8-4-7-18-12-11-17-6-5-13-22-21(17)23-18/h9-12,14H,3-8,13H2,1-2H3,(H,22,23)(H,24,25). The maximum absolute atomic E-state index is 12.3. The fourth-order valence-electron chi connectivity index (χ4n) is 3.27. The molecule has 2 N–H and O–H groups in total. The molecule has 1 aliphatic rings. The van der Waals surface area contributed by atoms with Crippen molar-refractivity contribution in [2.75, 3.05) is 17.2 Å². The fourth-order valence-corrected chi connectivity index (χ4v) is 3.27. The van der Waals surface area contributed by atoms with Crippen LogP contribution in [0.1, 0.15) is 48.6 Å². The van der Waals surface area contributed by atoms with Gasteiger partial charge in [0.1, 0.15) is 5.82 Å². The lowest BCUT2D eigenvalue weighted by atomic mass is 10.1. The van der Waals surface area contributed by atoms with Crippen molar-refractivity contribution >= 4 is 17.4 Å². The van der Waals surface area contributed by atoms with E-state index in [1.807, 2.05) is 13.0 Å². The van der Waals surface area contributed by atoms with Gasteiger partial charge in [-0.25, -0.2) is 4.98 Å². The van der Waals surface area contributed by atoms with E-state index in [2.05, 4.69) is 41.8 Å². The number of benzene rings is 1. The Bertz CT molecular complexity index is 755. The number of aromatic nitrogens is 1. The molecular formula is C21H27N3O. The lowest BCUT2D eigenvalue weighted by molar-refractivity contribution is -0.116. The van der Waals surface area contributed by atoms with Crippen LogP contribution < -0.4 is 10.6 Å². The monoisotopic (exact) mass is 337 g/mol. The number of carbonyl (C=O) groups is 1. The van der Waals surface area contributed by atoms with Gasteiger partial charge in [0.2, 0.25) is 5.91 Å². The number of anilines is 2. The molecule has 0 aliphatic carbocycles. The topological polar surface area (TPSA) is 54.0 Å². The molecule has 0 radical (unpaired) electrons. The van der Waals surface area contributed by atoms with Gasteiger partial charge in [0.05, 0.1) is 0 Å². The number of fused-ring (bicyclic) bond motifs is 1. The van der Waals surface area contributed by atoms with Gasteiger partial charge in [-0.15, -0.1) is 0 Å². The molecule has 0 bridgehead atoms. The van der Waals surface area contributed by atoms with Gasteiger partial charge in [-0.1, -0.05) is 25.1 Å². The average Bonchev–Trinajstić information content (AvgIpc) is 2.62. The van der Waals surface area contributed by atoms with Crippen LogP contribution in [-0.2, 0) is 24.1 Å². The minimum atomic E-state index is 0.0800. The summed E-state index contributed by atoms with van der Waals surface area (Å²) in [5, 5.41) is 6.43. The zero-order valence-corrected chi connectivity index (χ0v) is 15.2. The third kappa shape index (κ3) is 4.59. The number of nitrogens with one attached hydrogen (secondary N) is 2. The number of hydrogen-bond acceptors (Lipinski definition) is 3. The van der Waals surface area contributed by atoms with E-state index in [1.165, 1.54) is 23.1 Å². The number of rotatable bonds is 6. The van der Waals surface area contributed by atoms with Crippen molar-refractivity contribution in [2.24, 2.45) is 0 Å². The molecule has 1 amide bonds. The van der Waals surface area contributed by atoms with Crippen molar-refractivity contribution in [2.45, 2.75) is 52.4 Å². The van der Waals surface area contributed by atoms with Crippen LogP contribution >= 0.6 is 0 Å². The average molecular weight is 337 g/mol. The molecule has 0 fully saturated rings. The molecule has 4 heteroatoms. The molecule has 0 unspecified atom stereocenters. The minimum absolute atomic E-state index is 0.0800. The van der Waals surface area contributed by atoms with E-state index < -0.39 is 0 Å². The minimum Gasteiger partial charge on any atom is -0.370 e. The number of carbonyl (C=O) groups excluding carboxylic acids is 1. The van der Waals surface area contributed by atoms with Crippen LogP contribution in [0, 0.1) is 6.92 Å².